The van der Waals surface area contributed by atoms with E-state index in [0.29, 0.717) is 0 Å². The van der Waals surface area contributed by atoms with E-state index in [4.69, 9.17) is 0 Å². The maximum Gasteiger partial charge on any atom is 0.300 e. The van der Waals surface area contributed by atoms with Crippen LogP contribution in [0.25, 0.3) is 10.8 Å². The van der Waals surface area contributed by atoms with Gasteiger partial charge in [0.15, 0.2) is 0 Å². The van der Waals surface area contributed by atoms with Gasteiger partial charge in [-0.25, -0.2) is 0 Å². The van der Waals surface area contributed by atoms with Gasteiger partial charge in [0.1, 0.15) is 0 Å². The predicted octanol–water partition coefficient (Wildman–Crippen LogP) is 3.56. The maximum atomic E-state index is 11.3. The van der Waals surface area contributed by atoms with Gasteiger partial charge < -0.3 is 5.32 Å². The summed E-state index contributed by atoms with van der Waals surface area (Å²) >= 11 is 3.42. The van der Waals surface area contributed by atoms with Gasteiger partial charge in [-0.15, -0.1) is 0 Å². The number of rotatable bonds is 1. The third kappa shape index (κ3) is 2.86. The first-order chi connectivity index (χ1) is 8.19. The van der Waals surface area contributed by atoms with Crippen molar-refractivity contribution in [2.45, 2.75) is 6.92 Å². The molecule has 0 aliphatic heterocycles. The van der Waals surface area contributed by atoms with E-state index in [-0.39, 0.29) is 5.91 Å². The van der Waals surface area contributed by atoms with Gasteiger partial charge in [-0.2, -0.15) is 0 Å². The zero-order valence-corrected chi connectivity index (χ0v) is 10.8. The third-order valence-corrected chi connectivity index (χ3v) is 2.79. The van der Waals surface area contributed by atoms with Gasteiger partial charge in [0.2, 0.25) is 0 Å². The number of amides is 1. The van der Waals surface area contributed by atoms with E-state index >= 15 is 0 Å². The molecule has 2 aromatic carbocycles. The number of hydrogen-bond acceptors (Lipinski definition) is 1. The minimum Gasteiger partial charge on any atom is -0.315 e. The van der Waals surface area contributed by atoms with Crippen LogP contribution in [-0.4, -0.2) is 5.91 Å². The Kier molecular flexibility index (Phi) is 3.46. The molecular weight excluding hydrogens is 278 g/mol. The van der Waals surface area contributed by atoms with E-state index in [2.05, 4.69) is 33.1 Å². The molecule has 0 bridgehead atoms. The monoisotopic (exact) mass is 287 g/mol. The lowest BCUT2D eigenvalue weighted by molar-refractivity contribution is -0.111. The first-order valence-electron chi connectivity index (χ1n) is 5.12. The Morgan fingerprint density at radius 1 is 1.18 bits per heavy atom. The van der Waals surface area contributed by atoms with E-state index in [1.165, 1.54) is 0 Å². The number of halogens is 1. The van der Waals surface area contributed by atoms with Crippen molar-refractivity contribution in [2.75, 3.05) is 5.32 Å². The van der Waals surface area contributed by atoms with E-state index in [1.807, 2.05) is 36.4 Å². The van der Waals surface area contributed by atoms with Gasteiger partial charge in [0.05, 0.1) is 0 Å². The smallest absolute Gasteiger partial charge is 0.300 e. The van der Waals surface area contributed by atoms with Crippen molar-refractivity contribution in [2.24, 2.45) is 0 Å². The minimum absolute atomic E-state index is 0.288. The average Bonchev–Trinajstić information content (AvgIpc) is 2.29. The molecule has 0 fully saturated rings. The van der Waals surface area contributed by atoms with Crippen LogP contribution >= 0.6 is 15.9 Å². The summed E-state index contributed by atoms with van der Waals surface area (Å²) in [6, 6.07) is 11.8. The zero-order valence-electron chi connectivity index (χ0n) is 9.25. The van der Waals surface area contributed by atoms with Crippen molar-refractivity contribution in [1.82, 2.24) is 0 Å². The van der Waals surface area contributed by atoms with Crippen molar-refractivity contribution < 1.29 is 4.79 Å². The number of anilines is 1. The number of hydrogen-bond donors (Lipinski definition) is 1. The van der Waals surface area contributed by atoms with Crippen molar-refractivity contribution >= 4 is 38.3 Å². The molecule has 2 aromatic rings. The second kappa shape index (κ2) is 5.03. The van der Waals surface area contributed by atoms with Crippen LogP contribution in [-0.2, 0) is 4.79 Å². The van der Waals surface area contributed by atoms with Gasteiger partial charge >= 0.3 is 0 Å². The maximum absolute atomic E-state index is 11.3. The molecule has 0 unspecified atom stereocenters. The fraction of sp³-hybridized carbons (Fsp3) is 0.0714. The lowest BCUT2D eigenvalue weighted by Gasteiger charge is -2.04. The molecule has 1 amide bonds. The van der Waals surface area contributed by atoms with Gasteiger partial charge in [-0.1, -0.05) is 34.0 Å². The molecule has 84 valence electrons. The van der Waals surface area contributed by atoms with Gasteiger partial charge in [-0.3, -0.25) is 4.79 Å². The molecule has 0 atom stereocenters. The average molecular weight is 288 g/mol. The molecule has 0 aliphatic carbocycles. The number of carbonyl (C=O) groups is 1. The lowest BCUT2D eigenvalue weighted by Crippen LogP contribution is -2.07. The molecule has 0 saturated heterocycles. The summed E-state index contributed by atoms with van der Waals surface area (Å²) in [5, 5.41) is 4.93. The first kappa shape index (κ1) is 11.7. The molecule has 1 N–H and O–H groups in total. The molecule has 17 heavy (non-hydrogen) atoms. The summed E-state index contributed by atoms with van der Waals surface area (Å²) in [5.41, 5.74) is 0.757. The summed E-state index contributed by atoms with van der Waals surface area (Å²) < 4.78 is 1.04. The predicted molar refractivity (Wildman–Crippen MR) is 73.7 cm³/mol. The lowest BCUT2D eigenvalue weighted by atomic mass is 10.1. The second-order valence-electron chi connectivity index (χ2n) is 3.54. The molecule has 2 rings (SSSR count). The number of carbonyl (C=O) groups excluding carboxylic acids is 1. The van der Waals surface area contributed by atoms with E-state index in [1.54, 1.807) is 6.92 Å². The van der Waals surface area contributed by atoms with Gasteiger partial charge in [-0.05, 0) is 47.9 Å². The standard InChI is InChI=1S/C14H10BrNO/c1-2-3-14(17)16-13-7-5-10-8-12(15)6-4-11(10)9-13/h4-9H,1H3,(H,16,17). The summed E-state index contributed by atoms with van der Waals surface area (Å²) in [5.74, 6) is 4.72. The normalized spacial score (nSPS) is 9.53. The highest BCUT2D eigenvalue weighted by Gasteiger charge is 2.00. The highest BCUT2D eigenvalue weighted by atomic mass is 79.9. The van der Waals surface area contributed by atoms with Crippen LogP contribution in [0.4, 0.5) is 5.69 Å². The highest BCUT2D eigenvalue weighted by Crippen LogP contribution is 2.22. The summed E-state index contributed by atoms with van der Waals surface area (Å²) in [6.07, 6.45) is 0. The second-order valence-corrected chi connectivity index (χ2v) is 4.45. The Labute approximate surface area is 108 Å². The van der Waals surface area contributed by atoms with Crippen molar-refractivity contribution in [3.05, 3.63) is 40.9 Å². The van der Waals surface area contributed by atoms with Crippen molar-refractivity contribution in [3.8, 4) is 11.8 Å². The van der Waals surface area contributed by atoms with Crippen LogP contribution in [0.5, 0.6) is 0 Å². The van der Waals surface area contributed by atoms with E-state index < -0.39 is 0 Å². The highest BCUT2D eigenvalue weighted by molar-refractivity contribution is 9.10. The molecule has 0 aliphatic rings. The van der Waals surface area contributed by atoms with Crippen LogP contribution in [0.15, 0.2) is 40.9 Å². The number of benzene rings is 2. The SMILES string of the molecule is CC#CC(=O)Nc1ccc2cc(Br)ccc2c1. The number of fused-ring (bicyclic) bond motifs is 1. The zero-order chi connectivity index (χ0) is 12.3. The van der Waals surface area contributed by atoms with Crippen LogP contribution in [0.3, 0.4) is 0 Å². The largest absolute Gasteiger partial charge is 0.315 e. The Balaban J connectivity index is 2.34. The molecule has 3 heteroatoms. The summed E-state index contributed by atoms with van der Waals surface area (Å²) in [7, 11) is 0. The van der Waals surface area contributed by atoms with E-state index in [0.717, 1.165) is 20.9 Å². The van der Waals surface area contributed by atoms with Gasteiger partial charge in [0, 0.05) is 10.2 Å². The molecule has 2 nitrogen and oxygen atoms in total. The molecule has 0 spiro atoms. The van der Waals surface area contributed by atoms with Crippen LogP contribution in [0, 0.1) is 11.8 Å². The van der Waals surface area contributed by atoms with Crippen LogP contribution in [0.1, 0.15) is 6.92 Å². The molecule has 0 saturated carbocycles. The Hall–Kier alpha value is -1.79. The summed E-state index contributed by atoms with van der Waals surface area (Å²) in [6.45, 7) is 1.64. The number of nitrogens with one attached hydrogen (secondary N) is 1. The molecule has 0 heterocycles. The van der Waals surface area contributed by atoms with Crippen molar-refractivity contribution in [3.63, 3.8) is 0 Å². The fourth-order valence-corrected chi connectivity index (χ4v) is 1.95. The molecule has 0 aromatic heterocycles. The molecule has 0 radical (unpaired) electrons. The van der Waals surface area contributed by atoms with Crippen LogP contribution in [0.2, 0.25) is 0 Å². The Bertz CT molecular complexity index is 637. The van der Waals surface area contributed by atoms with Crippen molar-refractivity contribution in [1.29, 1.82) is 0 Å². The Morgan fingerprint density at radius 3 is 2.65 bits per heavy atom. The van der Waals surface area contributed by atoms with E-state index in [9.17, 15) is 4.79 Å². The quantitative estimate of drug-likeness (QED) is 0.799. The third-order valence-electron chi connectivity index (χ3n) is 2.30. The first-order valence-corrected chi connectivity index (χ1v) is 5.91. The van der Waals surface area contributed by atoms with Crippen LogP contribution < -0.4 is 5.32 Å². The topological polar surface area (TPSA) is 29.1 Å². The fourth-order valence-electron chi connectivity index (χ4n) is 1.57. The minimum atomic E-state index is -0.288. The van der Waals surface area contributed by atoms with Gasteiger partial charge in [0.25, 0.3) is 5.91 Å². The molecular formula is C14H10BrNO. The Morgan fingerprint density at radius 2 is 1.88 bits per heavy atom. The summed E-state index contributed by atoms with van der Waals surface area (Å²) in [4.78, 5) is 11.3.